The van der Waals surface area contributed by atoms with E-state index in [1.165, 1.54) is 25.7 Å². The Morgan fingerprint density at radius 2 is 1.50 bits per heavy atom. The minimum absolute atomic E-state index is 0.0120. The molecule has 0 aliphatic heterocycles. The molecular formula is C25H28O3. The molecule has 28 heavy (non-hydrogen) atoms. The maximum atomic E-state index is 13.2. The van der Waals surface area contributed by atoms with E-state index >= 15 is 0 Å². The summed E-state index contributed by atoms with van der Waals surface area (Å²) in [6.45, 7) is 4.93. The van der Waals surface area contributed by atoms with Gasteiger partial charge in [0.05, 0.1) is 6.61 Å². The van der Waals surface area contributed by atoms with Gasteiger partial charge in [-0.2, -0.15) is 0 Å². The van der Waals surface area contributed by atoms with E-state index in [0.717, 1.165) is 34.4 Å². The Balaban J connectivity index is 1.48. The highest BCUT2D eigenvalue weighted by Crippen LogP contribution is 2.47. The molecule has 0 saturated carbocycles. The highest BCUT2D eigenvalue weighted by Gasteiger charge is 2.55. The standard InChI is InChI=1S/C25H28O3/c1-3-4-5-6-7-12-28-20-9-11-22-19(14-20)16-25(24(22)27)15-18-13-17(2)8-10-21(18)23(25)26/h8-11,13-14H,3-7,12,15-16H2,1-2H3/t25-/m1/s1. The van der Waals surface area contributed by atoms with Crippen molar-refractivity contribution in [3.8, 4) is 5.75 Å². The quantitative estimate of drug-likeness (QED) is 0.473. The number of aryl methyl sites for hydroxylation is 1. The minimum Gasteiger partial charge on any atom is -0.494 e. The van der Waals surface area contributed by atoms with Crippen LogP contribution in [0.2, 0.25) is 0 Å². The number of unbranched alkanes of at least 4 members (excludes halogenated alkanes) is 4. The molecular weight excluding hydrogens is 348 g/mol. The molecule has 0 saturated heterocycles. The van der Waals surface area contributed by atoms with E-state index in [0.29, 0.717) is 25.0 Å². The van der Waals surface area contributed by atoms with Gasteiger partial charge in [-0.15, -0.1) is 0 Å². The molecule has 2 aliphatic carbocycles. The zero-order valence-corrected chi connectivity index (χ0v) is 16.8. The monoisotopic (exact) mass is 376 g/mol. The molecule has 0 bridgehead atoms. The molecule has 2 aliphatic rings. The fourth-order valence-electron chi connectivity index (χ4n) is 4.67. The molecule has 3 nitrogen and oxygen atoms in total. The zero-order chi connectivity index (χ0) is 19.7. The summed E-state index contributed by atoms with van der Waals surface area (Å²) >= 11 is 0. The molecule has 3 heteroatoms. The Kier molecular flexibility index (Phi) is 5.09. The van der Waals surface area contributed by atoms with Gasteiger partial charge in [0.2, 0.25) is 0 Å². The maximum absolute atomic E-state index is 13.2. The van der Waals surface area contributed by atoms with Gasteiger partial charge >= 0.3 is 0 Å². The lowest BCUT2D eigenvalue weighted by molar-refractivity contribution is 0.0705. The van der Waals surface area contributed by atoms with Crippen molar-refractivity contribution < 1.29 is 14.3 Å². The van der Waals surface area contributed by atoms with E-state index in [2.05, 4.69) is 6.92 Å². The van der Waals surface area contributed by atoms with Crippen LogP contribution in [-0.4, -0.2) is 18.2 Å². The van der Waals surface area contributed by atoms with Crippen LogP contribution in [0.3, 0.4) is 0 Å². The second-order valence-corrected chi connectivity index (χ2v) is 8.34. The Morgan fingerprint density at radius 1 is 0.857 bits per heavy atom. The Labute approximate surface area is 167 Å². The number of carbonyl (C=O) groups excluding carboxylic acids is 2. The number of ether oxygens (including phenoxy) is 1. The van der Waals surface area contributed by atoms with Gasteiger partial charge in [-0.1, -0.05) is 56.4 Å². The molecule has 2 aromatic rings. The third-order valence-electron chi connectivity index (χ3n) is 6.20. The summed E-state index contributed by atoms with van der Waals surface area (Å²) in [6, 6.07) is 11.6. The highest BCUT2D eigenvalue weighted by atomic mass is 16.5. The fourth-order valence-corrected chi connectivity index (χ4v) is 4.67. The Morgan fingerprint density at radius 3 is 2.21 bits per heavy atom. The van der Waals surface area contributed by atoms with Crippen LogP contribution in [0.25, 0.3) is 0 Å². The fraction of sp³-hybridized carbons (Fsp3) is 0.440. The van der Waals surface area contributed by atoms with Gasteiger partial charge < -0.3 is 4.74 Å². The average molecular weight is 376 g/mol. The second kappa shape index (κ2) is 7.54. The molecule has 0 unspecified atom stereocenters. The van der Waals surface area contributed by atoms with Crippen molar-refractivity contribution in [2.24, 2.45) is 5.41 Å². The number of carbonyl (C=O) groups is 2. The van der Waals surface area contributed by atoms with Crippen LogP contribution in [0.15, 0.2) is 36.4 Å². The molecule has 0 radical (unpaired) electrons. The first kappa shape index (κ1) is 18.9. The first-order valence-electron chi connectivity index (χ1n) is 10.5. The largest absolute Gasteiger partial charge is 0.494 e. The van der Waals surface area contributed by atoms with Crippen LogP contribution in [0, 0.1) is 12.3 Å². The number of rotatable bonds is 7. The molecule has 0 fully saturated rings. The van der Waals surface area contributed by atoms with Crippen molar-refractivity contribution >= 4 is 11.6 Å². The normalized spacial score (nSPS) is 19.9. The van der Waals surface area contributed by atoms with Crippen molar-refractivity contribution in [3.63, 3.8) is 0 Å². The number of hydrogen-bond donors (Lipinski definition) is 0. The van der Waals surface area contributed by atoms with Crippen LogP contribution in [0.4, 0.5) is 0 Å². The van der Waals surface area contributed by atoms with Gasteiger partial charge in [0.1, 0.15) is 11.2 Å². The average Bonchev–Trinajstić information content (AvgIpc) is 3.11. The lowest BCUT2D eigenvalue weighted by Gasteiger charge is -2.18. The first-order valence-corrected chi connectivity index (χ1v) is 10.5. The molecule has 0 heterocycles. The molecule has 1 spiro atoms. The van der Waals surface area contributed by atoms with Crippen molar-refractivity contribution in [1.82, 2.24) is 0 Å². The Hall–Kier alpha value is -2.42. The minimum atomic E-state index is -0.933. The number of fused-ring (bicyclic) bond motifs is 2. The van der Waals surface area contributed by atoms with E-state index in [1.54, 1.807) is 0 Å². The third-order valence-corrected chi connectivity index (χ3v) is 6.20. The van der Waals surface area contributed by atoms with Crippen molar-refractivity contribution in [1.29, 1.82) is 0 Å². The van der Waals surface area contributed by atoms with Crippen molar-refractivity contribution in [2.45, 2.75) is 58.8 Å². The molecule has 4 rings (SSSR count). The number of ketones is 2. The van der Waals surface area contributed by atoms with E-state index in [4.69, 9.17) is 4.74 Å². The number of hydrogen-bond acceptors (Lipinski definition) is 3. The summed E-state index contributed by atoms with van der Waals surface area (Å²) < 4.78 is 5.91. The second-order valence-electron chi connectivity index (χ2n) is 8.34. The summed E-state index contributed by atoms with van der Waals surface area (Å²) in [5.74, 6) is 0.771. The highest BCUT2D eigenvalue weighted by molar-refractivity contribution is 6.24. The number of benzene rings is 2. The molecule has 1 atom stereocenters. The van der Waals surface area contributed by atoms with Gasteiger partial charge in [0, 0.05) is 11.1 Å². The van der Waals surface area contributed by atoms with Crippen LogP contribution < -0.4 is 4.74 Å². The number of Topliss-reactive ketones (excluding diaryl/α,β-unsaturated/α-hetero) is 2. The molecule has 146 valence electrons. The summed E-state index contributed by atoms with van der Waals surface area (Å²) in [5, 5.41) is 0. The van der Waals surface area contributed by atoms with Crippen molar-refractivity contribution in [3.05, 3.63) is 64.2 Å². The van der Waals surface area contributed by atoms with Crippen molar-refractivity contribution in [2.75, 3.05) is 6.61 Å². The summed E-state index contributed by atoms with van der Waals surface area (Å²) in [7, 11) is 0. The van der Waals surface area contributed by atoms with Gasteiger partial charge in [0.25, 0.3) is 0 Å². The van der Waals surface area contributed by atoms with E-state index in [-0.39, 0.29) is 11.6 Å². The summed E-state index contributed by atoms with van der Waals surface area (Å²) in [5.41, 5.74) is 3.56. The predicted molar refractivity (Wildman–Crippen MR) is 110 cm³/mol. The molecule has 0 amide bonds. The van der Waals surface area contributed by atoms with Crippen LogP contribution in [-0.2, 0) is 12.8 Å². The molecule has 0 aromatic heterocycles. The zero-order valence-electron chi connectivity index (χ0n) is 16.8. The van der Waals surface area contributed by atoms with Crippen LogP contribution in [0.5, 0.6) is 5.75 Å². The van der Waals surface area contributed by atoms with E-state index in [1.807, 2.05) is 43.3 Å². The lowest BCUT2D eigenvalue weighted by Crippen LogP contribution is -2.34. The van der Waals surface area contributed by atoms with E-state index < -0.39 is 5.41 Å². The lowest BCUT2D eigenvalue weighted by atomic mass is 9.80. The molecule has 0 N–H and O–H groups in total. The smallest absolute Gasteiger partial charge is 0.177 e. The van der Waals surface area contributed by atoms with Crippen LogP contribution >= 0.6 is 0 Å². The van der Waals surface area contributed by atoms with Gasteiger partial charge in [0.15, 0.2) is 11.6 Å². The topological polar surface area (TPSA) is 43.4 Å². The SMILES string of the molecule is CCCCCCCOc1ccc2c(c1)C[C@@]1(Cc3cc(C)ccc3C1=O)C2=O. The summed E-state index contributed by atoms with van der Waals surface area (Å²) in [6.07, 6.45) is 7.01. The summed E-state index contributed by atoms with van der Waals surface area (Å²) in [4.78, 5) is 26.3. The van der Waals surface area contributed by atoms with Crippen LogP contribution in [0.1, 0.15) is 76.4 Å². The van der Waals surface area contributed by atoms with Gasteiger partial charge in [-0.3, -0.25) is 9.59 Å². The van der Waals surface area contributed by atoms with Gasteiger partial charge in [-0.25, -0.2) is 0 Å². The Bertz CT molecular complexity index is 927. The third kappa shape index (κ3) is 3.17. The first-order chi connectivity index (χ1) is 13.5. The van der Waals surface area contributed by atoms with Gasteiger partial charge in [-0.05, 0) is 55.5 Å². The molecule has 2 aromatic carbocycles. The maximum Gasteiger partial charge on any atom is 0.177 e. The predicted octanol–water partition coefficient (Wildman–Crippen LogP) is 5.51. The van der Waals surface area contributed by atoms with E-state index in [9.17, 15) is 9.59 Å².